The summed E-state index contributed by atoms with van der Waals surface area (Å²) in [6.45, 7) is 0.227. The topological polar surface area (TPSA) is 111 Å². The van der Waals surface area contributed by atoms with Gasteiger partial charge in [0, 0.05) is 35.4 Å². The van der Waals surface area contributed by atoms with Crippen LogP contribution in [0.4, 0.5) is 13.6 Å². The Bertz CT molecular complexity index is 1300. The second-order valence-electron chi connectivity index (χ2n) is 6.99. The number of hydrogen-bond acceptors (Lipinski definition) is 6. The number of nitrogens with zero attached hydrogens (tertiary/aromatic N) is 1. The molecule has 0 fully saturated rings. The first-order chi connectivity index (χ1) is 16.1. The quantitative estimate of drug-likeness (QED) is 0.344. The highest BCUT2D eigenvalue weighted by molar-refractivity contribution is 7.91. The van der Waals surface area contributed by atoms with Gasteiger partial charge in [0.15, 0.2) is 9.84 Å². The molecule has 0 aliphatic carbocycles. The van der Waals surface area contributed by atoms with Crippen molar-refractivity contribution < 1.29 is 27.1 Å². The van der Waals surface area contributed by atoms with Crippen molar-refractivity contribution in [1.29, 1.82) is 0 Å². The summed E-state index contributed by atoms with van der Waals surface area (Å²) in [5, 5.41) is 13.9. The molecular weight excluding hydrogens is 508 g/mol. The monoisotopic (exact) mass is 524 g/mol. The Balaban J connectivity index is 1.97. The number of sulfone groups is 1. The number of aromatic nitrogens is 1. The first-order valence-electron chi connectivity index (χ1n) is 9.73. The predicted molar refractivity (Wildman–Crippen MR) is 124 cm³/mol. The molecule has 3 rings (SSSR count). The summed E-state index contributed by atoms with van der Waals surface area (Å²) >= 11 is 11.1. The molecule has 0 aliphatic rings. The van der Waals surface area contributed by atoms with Crippen molar-refractivity contribution in [2.45, 2.75) is 10.1 Å². The number of benzene rings is 2. The highest BCUT2D eigenvalue weighted by Gasteiger charge is 2.34. The first kappa shape index (κ1) is 25.5. The molecule has 1 unspecified atom stereocenters. The second-order valence-corrected chi connectivity index (χ2v) is 9.86. The molecule has 0 bridgehead atoms. The molecular formula is C22H17ClF2N3O4S2-. The van der Waals surface area contributed by atoms with Crippen molar-refractivity contribution in [2.75, 3.05) is 13.1 Å². The minimum atomic E-state index is -4.27. The van der Waals surface area contributed by atoms with Gasteiger partial charge in [-0.15, -0.1) is 0 Å². The van der Waals surface area contributed by atoms with Crippen LogP contribution in [0, 0.1) is 11.6 Å². The summed E-state index contributed by atoms with van der Waals surface area (Å²) in [5.41, 5.74) is -0.0385. The van der Waals surface area contributed by atoms with Crippen LogP contribution in [-0.2, 0) is 9.84 Å². The zero-order chi connectivity index (χ0) is 24.9. The zero-order valence-electron chi connectivity index (χ0n) is 17.3. The standard InChI is InChI=1S/C22H18ClF2N3O4S2/c23-14-2-5-16(6-3-14)34(31,32)20(17-11-15(24)4-7-18(17)25)19-8-1-13(12-28-19)21(33)26-9-10-27-22(29)30/h1-8,11-12,20,27H,9-10H2,(H,26,33)(H,29,30)/p-1. The van der Waals surface area contributed by atoms with E-state index in [1.54, 1.807) is 0 Å². The van der Waals surface area contributed by atoms with Crippen molar-refractivity contribution >= 4 is 44.7 Å². The molecule has 3 aromatic rings. The molecule has 1 atom stereocenters. The Morgan fingerprint density at radius 3 is 2.35 bits per heavy atom. The molecule has 0 saturated carbocycles. The minimum absolute atomic E-state index is 0.0498. The number of rotatable bonds is 8. The highest BCUT2D eigenvalue weighted by atomic mass is 35.5. The Morgan fingerprint density at radius 2 is 1.74 bits per heavy atom. The zero-order valence-corrected chi connectivity index (χ0v) is 19.7. The number of thiocarbonyl (C=S) groups is 1. The molecule has 0 radical (unpaired) electrons. The van der Waals surface area contributed by atoms with E-state index in [-0.39, 0.29) is 28.7 Å². The lowest BCUT2D eigenvalue weighted by Gasteiger charge is -2.19. The fraction of sp³-hybridized carbons (Fsp3) is 0.136. The number of carbonyl (C=O) groups excluding carboxylic acids is 1. The van der Waals surface area contributed by atoms with Crippen LogP contribution >= 0.6 is 23.8 Å². The van der Waals surface area contributed by atoms with Crippen molar-refractivity contribution in [3.63, 3.8) is 0 Å². The number of carboxylic acid groups (broad SMARTS) is 1. The molecule has 178 valence electrons. The summed E-state index contributed by atoms with van der Waals surface area (Å²) in [5.74, 6) is -1.72. The van der Waals surface area contributed by atoms with Crippen molar-refractivity contribution in [2.24, 2.45) is 0 Å². The van der Waals surface area contributed by atoms with Gasteiger partial charge < -0.3 is 20.5 Å². The summed E-state index contributed by atoms with van der Waals surface area (Å²) in [4.78, 5) is 14.6. The number of amides is 1. The van der Waals surface area contributed by atoms with E-state index in [1.165, 1.54) is 42.6 Å². The van der Waals surface area contributed by atoms with Crippen molar-refractivity contribution in [3.05, 3.63) is 94.3 Å². The molecule has 1 heterocycles. The van der Waals surface area contributed by atoms with E-state index in [9.17, 15) is 27.1 Å². The molecule has 0 spiro atoms. The van der Waals surface area contributed by atoms with Gasteiger partial charge in [-0.3, -0.25) is 4.98 Å². The van der Waals surface area contributed by atoms with Crippen LogP contribution in [0.5, 0.6) is 0 Å². The summed E-state index contributed by atoms with van der Waals surface area (Å²) < 4.78 is 55.6. The Kier molecular flexibility index (Phi) is 8.13. The normalized spacial score (nSPS) is 12.1. The van der Waals surface area contributed by atoms with E-state index in [2.05, 4.69) is 15.6 Å². The maximum absolute atomic E-state index is 14.7. The Labute approximate surface area is 204 Å². The molecule has 2 N–H and O–H groups in total. The number of pyridine rings is 1. The summed E-state index contributed by atoms with van der Waals surface area (Å²) in [6.07, 6.45) is -0.130. The van der Waals surface area contributed by atoms with Gasteiger partial charge in [0.1, 0.15) is 28.0 Å². The minimum Gasteiger partial charge on any atom is -0.530 e. The van der Waals surface area contributed by atoms with Crippen LogP contribution in [-0.4, -0.2) is 37.6 Å². The molecule has 0 aliphatic heterocycles. The van der Waals surface area contributed by atoms with E-state index in [1.807, 2.05) is 0 Å². The molecule has 1 aromatic heterocycles. The average molecular weight is 525 g/mol. The third-order valence-electron chi connectivity index (χ3n) is 4.69. The fourth-order valence-electron chi connectivity index (χ4n) is 3.10. The lowest BCUT2D eigenvalue weighted by molar-refractivity contribution is -0.250. The van der Waals surface area contributed by atoms with Crippen LogP contribution in [0.1, 0.15) is 22.1 Å². The number of carbonyl (C=O) groups is 1. The fourth-order valence-corrected chi connectivity index (χ4v) is 5.21. The SMILES string of the molecule is O=C([O-])NCCNC(=S)c1ccc(C(c2cc(F)ccc2F)S(=O)(=O)c2ccc(Cl)cc2)nc1. The second kappa shape index (κ2) is 10.9. The lowest BCUT2D eigenvalue weighted by atomic mass is 10.1. The van der Waals surface area contributed by atoms with E-state index >= 15 is 0 Å². The Hall–Kier alpha value is -3.15. The van der Waals surface area contributed by atoms with Crippen LogP contribution in [0.3, 0.4) is 0 Å². The smallest absolute Gasteiger partial charge is 0.191 e. The number of nitrogens with one attached hydrogen (secondary N) is 2. The van der Waals surface area contributed by atoms with Crippen LogP contribution in [0.2, 0.25) is 5.02 Å². The van der Waals surface area contributed by atoms with Gasteiger partial charge in [-0.2, -0.15) is 0 Å². The number of hydrogen-bond donors (Lipinski definition) is 2. The van der Waals surface area contributed by atoms with E-state index in [4.69, 9.17) is 23.8 Å². The lowest BCUT2D eigenvalue weighted by Crippen LogP contribution is -2.41. The summed E-state index contributed by atoms with van der Waals surface area (Å²) in [6, 6.07) is 10.7. The largest absolute Gasteiger partial charge is 0.530 e. The van der Waals surface area contributed by atoms with Gasteiger partial charge in [-0.25, -0.2) is 17.2 Å². The third-order valence-corrected chi connectivity index (χ3v) is 7.37. The molecule has 2 aromatic carbocycles. The van der Waals surface area contributed by atoms with Crippen molar-refractivity contribution in [3.8, 4) is 0 Å². The Morgan fingerprint density at radius 1 is 1.06 bits per heavy atom. The van der Waals surface area contributed by atoms with Crippen LogP contribution in [0.25, 0.3) is 0 Å². The molecule has 7 nitrogen and oxygen atoms in total. The average Bonchev–Trinajstić information content (AvgIpc) is 2.79. The molecule has 12 heteroatoms. The van der Waals surface area contributed by atoms with Gasteiger partial charge in [0.2, 0.25) is 0 Å². The predicted octanol–water partition coefficient (Wildman–Crippen LogP) is 2.77. The molecule has 1 amide bonds. The van der Waals surface area contributed by atoms with Crippen LogP contribution < -0.4 is 15.7 Å². The van der Waals surface area contributed by atoms with Gasteiger partial charge in [0.05, 0.1) is 10.6 Å². The first-order valence-corrected chi connectivity index (χ1v) is 12.1. The third kappa shape index (κ3) is 6.04. The van der Waals surface area contributed by atoms with E-state index in [0.717, 1.165) is 18.2 Å². The van der Waals surface area contributed by atoms with Gasteiger partial charge >= 0.3 is 0 Å². The van der Waals surface area contributed by atoms with Crippen molar-refractivity contribution in [1.82, 2.24) is 15.6 Å². The number of halogens is 3. The molecule has 34 heavy (non-hydrogen) atoms. The highest BCUT2D eigenvalue weighted by Crippen LogP contribution is 2.36. The van der Waals surface area contributed by atoms with Crippen LogP contribution in [0.15, 0.2) is 65.7 Å². The van der Waals surface area contributed by atoms with Gasteiger partial charge in [-0.05, 0) is 54.6 Å². The maximum atomic E-state index is 14.7. The van der Waals surface area contributed by atoms with Gasteiger partial charge in [0.25, 0.3) is 0 Å². The summed E-state index contributed by atoms with van der Waals surface area (Å²) in [7, 11) is -4.27. The van der Waals surface area contributed by atoms with Gasteiger partial charge in [-0.1, -0.05) is 23.8 Å². The maximum Gasteiger partial charge on any atom is 0.191 e. The molecule has 0 saturated heterocycles. The van der Waals surface area contributed by atoms with E-state index < -0.39 is 38.4 Å². The van der Waals surface area contributed by atoms with E-state index in [0.29, 0.717) is 10.6 Å².